The van der Waals surface area contributed by atoms with Crippen molar-refractivity contribution in [3.63, 3.8) is 0 Å². The fourth-order valence-electron chi connectivity index (χ4n) is 5.86. The van der Waals surface area contributed by atoms with Crippen LogP contribution in [0.5, 0.6) is 0 Å². The molecule has 2 aliphatic heterocycles. The highest BCUT2D eigenvalue weighted by molar-refractivity contribution is 5.99. The Morgan fingerprint density at radius 1 is 0.947 bits per heavy atom. The molecule has 9 heteroatoms. The number of carbonyl (C=O) groups excluding carboxylic acids is 3. The molecule has 2 heterocycles. The zero-order valence-corrected chi connectivity index (χ0v) is 22.3. The number of fused-ring (bicyclic) bond motifs is 1. The van der Waals surface area contributed by atoms with Crippen molar-refractivity contribution >= 4 is 23.5 Å². The molecular formula is C29H36N4O5. The second-order valence-corrected chi connectivity index (χ2v) is 10.4. The Bertz CT molecular complexity index is 1180. The van der Waals surface area contributed by atoms with E-state index in [0.29, 0.717) is 31.5 Å². The van der Waals surface area contributed by atoms with Crippen molar-refractivity contribution in [2.75, 3.05) is 45.3 Å². The average molecular weight is 521 g/mol. The minimum atomic E-state index is -0.395. The number of hydrogen-bond donors (Lipinski definition) is 1. The molecule has 9 nitrogen and oxygen atoms in total. The van der Waals surface area contributed by atoms with E-state index >= 15 is 0 Å². The number of nitrogens with zero attached hydrogens (tertiary/aromatic N) is 3. The summed E-state index contributed by atoms with van der Waals surface area (Å²) in [6, 6.07) is 15.0. The van der Waals surface area contributed by atoms with Gasteiger partial charge in [-0.1, -0.05) is 24.3 Å². The lowest BCUT2D eigenvalue weighted by atomic mass is 9.79. The van der Waals surface area contributed by atoms with Crippen LogP contribution in [0.3, 0.4) is 0 Å². The summed E-state index contributed by atoms with van der Waals surface area (Å²) >= 11 is 0. The summed E-state index contributed by atoms with van der Waals surface area (Å²) in [6.07, 6.45) is 0.698. The van der Waals surface area contributed by atoms with Gasteiger partial charge in [0.1, 0.15) is 0 Å². The van der Waals surface area contributed by atoms with E-state index in [2.05, 4.69) is 41.4 Å². The van der Waals surface area contributed by atoms with Crippen LogP contribution >= 0.6 is 0 Å². The minimum Gasteiger partial charge on any atom is -0.379 e. The van der Waals surface area contributed by atoms with Gasteiger partial charge in [0.25, 0.3) is 5.91 Å². The van der Waals surface area contributed by atoms with E-state index in [0.717, 1.165) is 18.7 Å². The van der Waals surface area contributed by atoms with Crippen LogP contribution in [0.25, 0.3) is 0 Å². The molecule has 2 aromatic rings. The molecule has 3 aliphatic rings. The quantitative estimate of drug-likeness (QED) is 0.630. The lowest BCUT2D eigenvalue weighted by Gasteiger charge is -2.44. The van der Waals surface area contributed by atoms with Gasteiger partial charge in [-0.25, -0.2) is 4.79 Å². The summed E-state index contributed by atoms with van der Waals surface area (Å²) in [5.41, 5.74) is 3.81. The van der Waals surface area contributed by atoms with E-state index in [1.165, 1.54) is 16.2 Å². The molecule has 5 rings (SSSR count). The van der Waals surface area contributed by atoms with Crippen LogP contribution in [0.4, 0.5) is 10.5 Å². The molecule has 38 heavy (non-hydrogen) atoms. The number of aryl methyl sites for hydroxylation is 1. The van der Waals surface area contributed by atoms with E-state index < -0.39 is 6.03 Å². The molecule has 4 atom stereocenters. The Morgan fingerprint density at radius 2 is 1.63 bits per heavy atom. The van der Waals surface area contributed by atoms with Crippen LogP contribution in [0.15, 0.2) is 48.5 Å². The van der Waals surface area contributed by atoms with Crippen molar-refractivity contribution in [3.8, 4) is 0 Å². The number of hydrogen-bond acceptors (Lipinski definition) is 6. The summed E-state index contributed by atoms with van der Waals surface area (Å²) in [4.78, 5) is 44.6. The molecular weight excluding hydrogens is 484 g/mol. The van der Waals surface area contributed by atoms with Crippen molar-refractivity contribution < 1.29 is 23.9 Å². The third kappa shape index (κ3) is 5.26. The highest BCUT2D eigenvalue weighted by atomic mass is 16.5. The Balaban J connectivity index is 1.19. The van der Waals surface area contributed by atoms with Gasteiger partial charge in [0.2, 0.25) is 5.91 Å². The number of imide groups is 1. The van der Waals surface area contributed by atoms with Gasteiger partial charge in [0, 0.05) is 57.7 Å². The zero-order valence-electron chi connectivity index (χ0n) is 22.3. The van der Waals surface area contributed by atoms with Crippen molar-refractivity contribution in [1.82, 2.24) is 15.1 Å². The summed E-state index contributed by atoms with van der Waals surface area (Å²) < 4.78 is 11.0. The lowest BCUT2D eigenvalue weighted by Crippen LogP contribution is -2.63. The Morgan fingerprint density at radius 3 is 2.29 bits per heavy atom. The smallest absolute Gasteiger partial charge is 0.324 e. The van der Waals surface area contributed by atoms with Crippen LogP contribution in [0, 0.1) is 12.8 Å². The number of nitrogens with one attached hydrogen (secondary N) is 1. The monoisotopic (exact) mass is 520 g/mol. The van der Waals surface area contributed by atoms with Crippen LogP contribution in [0.2, 0.25) is 0 Å². The molecule has 1 N–H and O–H groups in total. The number of rotatable bonds is 6. The minimum absolute atomic E-state index is 0.00409. The zero-order chi connectivity index (χ0) is 26.8. The van der Waals surface area contributed by atoms with Gasteiger partial charge >= 0.3 is 6.03 Å². The first-order chi connectivity index (χ1) is 18.4. The van der Waals surface area contributed by atoms with Crippen molar-refractivity contribution in [2.24, 2.45) is 5.92 Å². The molecule has 202 valence electrons. The fourth-order valence-corrected chi connectivity index (χ4v) is 5.86. The highest BCUT2D eigenvalue weighted by Crippen LogP contribution is 2.33. The molecule has 2 aromatic carbocycles. The first kappa shape index (κ1) is 26.2. The van der Waals surface area contributed by atoms with Gasteiger partial charge in [-0.05, 0) is 55.2 Å². The largest absolute Gasteiger partial charge is 0.379 e. The van der Waals surface area contributed by atoms with Gasteiger partial charge in [-0.2, -0.15) is 0 Å². The van der Waals surface area contributed by atoms with Gasteiger partial charge in [-0.15, -0.1) is 0 Å². The maximum absolute atomic E-state index is 13.3. The van der Waals surface area contributed by atoms with Crippen LogP contribution in [0.1, 0.15) is 34.3 Å². The highest BCUT2D eigenvalue weighted by Gasteiger charge is 2.47. The first-order valence-corrected chi connectivity index (χ1v) is 13.2. The van der Waals surface area contributed by atoms with Gasteiger partial charge in [0.05, 0.1) is 24.7 Å². The molecule has 3 fully saturated rings. The third-order valence-corrected chi connectivity index (χ3v) is 8.09. The Hall–Kier alpha value is -3.43. The summed E-state index contributed by atoms with van der Waals surface area (Å²) in [5, 5.41) is 2.98. The number of amides is 4. The second-order valence-electron chi connectivity index (χ2n) is 10.4. The maximum Gasteiger partial charge on any atom is 0.324 e. The molecule has 0 spiro atoms. The Labute approximate surface area is 223 Å². The molecule has 1 aliphatic carbocycles. The number of carbonyl (C=O) groups is 3. The van der Waals surface area contributed by atoms with Crippen LogP contribution < -0.4 is 10.2 Å². The third-order valence-electron chi connectivity index (χ3n) is 8.09. The van der Waals surface area contributed by atoms with Crippen LogP contribution in [-0.4, -0.2) is 86.3 Å². The second kappa shape index (κ2) is 11.1. The molecule has 1 saturated carbocycles. The molecule has 0 radical (unpaired) electrons. The predicted molar refractivity (Wildman–Crippen MR) is 143 cm³/mol. The van der Waals surface area contributed by atoms with Gasteiger partial charge < -0.3 is 24.6 Å². The van der Waals surface area contributed by atoms with Gasteiger partial charge in [-0.3, -0.25) is 14.5 Å². The Kier molecular flexibility index (Phi) is 7.67. The van der Waals surface area contributed by atoms with Crippen LogP contribution in [-0.2, 0) is 20.8 Å². The number of methoxy groups -OCH3 is 2. The normalized spacial score (nSPS) is 25.7. The van der Waals surface area contributed by atoms with Crippen molar-refractivity contribution in [3.05, 3.63) is 65.2 Å². The summed E-state index contributed by atoms with van der Waals surface area (Å²) in [7, 11) is 3.24. The van der Waals surface area contributed by atoms with E-state index in [9.17, 15) is 14.4 Å². The van der Waals surface area contributed by atoms with Crippen molar-refractivity contribution in [2.45, 2.75) is 44.6 Å². The summed E-state index contributed by atoms with van der Waals surface area (Å²) in [5.74, 6) is -0.541. The molecule has 0 aromatic heterocycles. The van der Waals surface area contributed by atoms with E-state index in [-0.39, 0.29) is 42.5 Å². The number of urea groups is 1. The summed E-state index contributed by atoms with van der Waals surface area (Å²) in [6.45, 7) is 5.13. The van der Waals surface area contributed by atoms with E-state index in [4.69, 9.17) is 9.47 Å². The predicted octanol–water partition coefficient (Wildman–Crippen LogP) is 2.82. The van der Waals surface area contributed by atoms with Gasteiger partial charge in [0.15, 0.2) is 0 Å². The number of ether oxygens (including phenoxy) is 2. The average Bonchev–Trinajstić information content (AvgIpc) is 2.94. The maximum atomic E-state index is 13.3. The number of piperazine rings is 1. The number of anilines is 1. The van der Waals surface area contributed by atoms with E-state index in [1.807, 2.05) is 17.0 Å². The molecule has 2 saturated heterocycles. The lowest BCUT2D eigenvalue weighted by molar-refractivity contribution is -0.144. The van der Waals surface area contributed by atoms with E-state index in [1.54, 1.807) is 26.4 Å². The topological polar surface area (TPSA) is 91.4 Å². The fraction of sp³-hybridized carbons (Fsp3) is 0.483. The number of benzene rings is 2. The molecule has 4 unspecified atom stereocenters. The van der Waals surface area contributed by atoms with Crippen molar-refractivity contribution in [1.29, 1.82) is 0 Å². The first-order valence-electron chi connectivity index (χ1n) is 13.2. The molecule has 0 bridgehead atoms. The molecule has 4 amide bonds. The standard InChI is InChI=1S/C29H36N4O5/c1-19-5-4-6-22(15-19)31-11-13-32(14-12-31)27(34)21-9-7-20(8-10-21)18-33-28(35)23-16-25(37-2)26(38-3)17-24(23)30-29(33)36/h4-10,15,23-26H,11-14,16-18H2,1-3H3,(H,30,36). The SMILES string of the molecule is COC1CC2NC(=O)N(Cc3ccc(C(=O)N4CCN(c5cccc(C)c5)CC4)cc3)C(=O)C2CC1OC.